The Morgan fingerprint density at radius 2 is 1.63 bits per heavy atom. The number of alkyl halides is 6. The van der Waals surface area contributed by atoms with Crippen molar-refractivity contribution in [1.82, 2.24) is 0 Å². The van der Waals surface area contributed by atoms with E-state index >= 15 is 0 Å². The third-order valence-electron chi connectivity index (χ3n) is 4.88. The predicted molar refractivity (Wildman–Crippen MR) is 102 cm³/mol. The van der Waals surface area contributed by atoms with Crippen molar-refractivity contribution in [3.05, 3.63) is 49.3 Å². The minimum atomic E-state index is -4.96. The number of carbonyl (C=O) groups is 1. The van der Waals surface area contributed by atoms with Gasteiger partial charge in [-0.15, -0.1) is 11.3 Å². The van der Waals surface area contributed by atoms with Gasteiger partial charge in [-0.25, -0.2) is 4.79 Å². The van der Waals surface area contributed by atoms with Crippen molar-refractivity contribution in [2.24, 2.45) is 0 Å². The molecule has 1 fully saturated rings. The highest BCUT2D eigenvalue weighted by atomic mass is 35.5. The van der Waals surface area contributed by atoms with Crippen LogP contribution in [-0.2, 0) is 11.6 Å². The fourth-order valence-electron chi connectivity index (χ4n) is 3.36. The van der Waals surface area contributed by atoms with E-state index in [2.05, 4.69) is 0 Å². The second kappa shape index (κ2) is 7.65. The van der Waals surface area contributed by atoms with E-state index in [-0.39, 0.29) is 43.5 Å². The maximum atomic E-state index is 14.1. The second-order valence-corrected chi connectivity index (χ2v) is 8.86. The summed E-state index contributed by atoms with van der Waals surface area (Å²) < 4.78 is 81.9. The van der Waals surface area contributed by atoms with E-state index in [1.807, 2.05) is 0 Å². The van der Waals surface area contributed by atoms with Crippen LogP contribution in [0.3, 0.4) is 0 Å². The number of carboxylic acids is 1. The van der Waals surface area contributed by atoms with Crippen LogP contribution in [-0.4, -0.2) is 30.3 Å². The van der Waals surface area contributed by atoms with Gasteiger partial charge in [-0.3, -0.25) is 0 Å². The average Bonchev–Trinajstić information content (AvgIpc) is 3.23. The zero-order chi connectivity index (χ0) is 22.6. The van der Waals surface area contributed by atoms with Crippen molar-refractivity contribution < 1.29 is 36.2 Å². The molecule has 2 heterocycles. The Balaban J connectivity index is 2.07. The quantitative estimate of drug-likeness (QED) is 0.351. The minimum Gasteiger partial charge on any atom is -0.477 e. The summed E-state index contributed by atoms with van der Waals surface area (Å²) in [7, 11) is 0. The highest BCUT2D eigenvalue weighted by molar-refractivity contribution is 7.18. The molecule has 1 unspecified atom stereocenters. The van der Waals surface area contributed by atoms with Crippen LogP contribution in [0.15, 0.2) is 18.2 Å². The Morgan fingerprint density at radius 3 is 2.07 bits per heavy atom. The zero-order valence-corrected chi connectivity index (χ0v) is 17.6. The van der Waals surface area contributed by atoms with Crippen molar-refractivity contribution in [1.29, 1.82) is 0 Å². The summed E-state index contributed by atoms with van der Waals surface area (Å²) in [6.07, 6.45) is -10.2. The molecule has 1 saturated heterocycles. The normalized spacial score (nSPS) is 20.1. The van der Waals surface area contributed by atoms with Crippen molar-refractivity contribution in [2.75, 3.05) is 18.0 Å². The van der Waals surface area contributed by atoms with E-state index in [0.29, 0.717) is 6.07 Å². The Labute approximate surface area is 184 Å². The number of benzene rings is 1. The standard InChI is InChI=1S/C17H10Cl3F6NO2S/c18-9-3-7(4-10(19)12(9)20)15(17(24,25)26)1-2-27(6-15)11-5-8(16(21,22)23)13(30-11)14(28)29/h3-5H,1-2,6H2,(H,28,29). The monoisotopic (exact) mass is 511 g/mol. The molecule has 0 saturated carbocycles. The van der Waals surface area contributed by atoms with Crippen molar-refractivity contribution in [3.8, 4) is 0 Å². The molecule has 0 radical (unpaired) electrons. The molecule has 0 amide bonds. The summed E-state index contributed by atoms with van der Waals surface area (Å²) in [5.74, 6) is -1.81. The highest BCUT2D eigenvalue weighted by Gasteiger charge is 2.59. The lowest BCUT2D eigenvalue weighted by Crippen LogP contribution is -2.44. The number of hydrogen-bond donors (Lipinski definition) is 1. The van der Waals surface area contributed by atoms with E-state index < -0.39 is 47.1 Å². The van der Waals surface area contributed by atoms with Gasteiger partial charge in [0.1, 0.15) is 10.3 Å². The molecule has 1 aromatic heterocycles. The molecule has 164 valence electrons. The summed E-state index contributed by atoms with van der Waals surface area (Å²) in [5.41, 5.74) is -4.16. The average molecular weight is 513 g/mol. The molecule has 1 aliphatic heterocycles. The number of thiophene rings is 1. The van der Waals surface area contributed by atoms with Gasteiger partial charge < -0.3 is 10.0 Å². The van der Waals surface area contributed by atoms with Crippen LogP contribution in [0.4, 0.5) is 31.3 Å². The molecule has 1 atom stereocenters. The molecule has 0 spiro atoms. The SMILES string of the molecule is O=C(O)c1sc(N2CCC(c3cc(Cl)c(Cl)c(Cl)c3)(C(F)(F)F)C2)cc1C(F)(F)F. The summed E-state index contributed by atoms with van der Waals surface area (Å²) in [5, 5.41) is 8.33. The first-order chi connectivity index (χ1) is 13.7. The Bertz CT molecular complexity index is 983. The van der Waals surface area contributed by atoms with Gasteiger partial charge >= 0.3 is 18.3 Å². The molecule has 13 heteroatoms. The number of aromatic carboxylic acids is 1. The van der Waals surface area contributed by atoms with Gasteiger partial charge in [0.2, 0.25) is 0 Å². The number of halogens is 9. The fraction of sp³-hybridized carbons (Fsp3) is 0.353. The third-order valence-corrected chi connectivity index (χ3v) is 7.26. The van der Waals surface area contributed by atoms with E-state index in [1.54, 1.807) is 0 Å². The van der Waals surface area contributed by atoms with Crippen LogP contribution in [0.1, 0.15) is 27.2 Å². The Morgan fingerprint density at radius 1 is 1.07 bits per heavy atom. The maximum absolute atomic E-state index is 14.1. The van der Waals surface area contributed by atoms with Gasteiger partial charge in [0, 0.05) is 13.1 Å². The van der Waals surface area contributed by atoms with Gasteiger partial charge in [-0.05, 0) is 30.2 Å². The first-order valence-corrected chi connectivity index (χ1v) is 10.0. The topological polar surface area (TPSA) is 40.5 Å². The molecule has 0 bridgehead atoms. The fourth-order valence-corrected chi connectivity index (χ4v) is 5.00. The van der Waals surface area contributed by atoms with Gasteiger partial charge in [0.25, 0.3) is 0 Å². The molecule has 30 heavy (non-hydrogen) atoms. The Hall–Kier alpha value is -1.36. The second-order valence-electron chi connectivity index (χ2n) is 6.64. The largest absolute Gasteiger partial charge is 0.477 e. The lowest BCUT2D eigenvalue weighted by Gasteiger charge is -2.33. The highest BCUT2D eigenvalue weighted by Crippen LogP contribution is 2.51. The van der Waals surface area contributed by atoms with E-state index in [1.165, 1.54) is 0 Å². The van der Waals surface area contributed by atoms with Gasteiger partial charge in [-0.1, -0.05) is 34.8 Å². The summed E-state index contributed by atoms with van der Waals surface area (Å²) in [4.78, 5) is 11.3. The molecule has 1 aliphatic rings. The predicted octanol–water partition coefficient (Wildman–Crippen LogP) is 7.14. The number of rotatable bonds is 3. The molecule has 3 rings (SSSR count). The van der Waals surface area contributed by atoms with Gasteiger partial charge in [-0.2, -0.15) is 26.3 Å². The van der Waals surface area contributed by atoms with E-state index in [9.17, 15) is 31.1 Å². The van der Waals surface area contributed by atoms with Gasteiger partial charge in [0.05, 0.1) is 25.6 Å². The smallest absolute Gasteiger partial charge is 0.418 e. The summed E-state index contributed by atoms with van der Waals surface area (Å²) in [6, 6.07) is 2.62. The number of carboxylic acid groups (broad SMARTS) is 1. The molecule has 0 aliphatic carbocycles. The molecule has 1 N–H and O–H groups in total. The molecular weight excluding hydrogens is 503 g/mol. The number of nitrogens with zero attached hydrogens (tertiary/aromatic N) is 1. The van der Waals surface area contributed by atoms with Crippen LogP contribution in [0.2, 0.25) is 15.1 Å². The number of hydrogen-bond acceptors (Lipinski definition) is 3. The van der Waals surface area contributed by atoms with Crippen LogP contribution in [0, 0.1) is 0 Å². The lowest BCUT2D eigenvalue weighted by molar-refractivity contribution is -0.184. The molecule has 1 aromatic carbocycles. The summed E-state index contributed by atoms with van der Waals surface area (Å²) >= 11 is 17.9. The zero-order valence-electron chi connectivity index (χ0n) is 14.5. The first kappa shape index (κ1) is 23.3. The van der Waals surface area contributed by atoms with Crippen LogP contribution >= 0.6 is 46.1 Å². The summed E-state index contributed by atoms with van der Waals surface area (Å²) in [6.45, 7) is -0.990. The Kier molecular flexibility index (Phi) is 5.94. The van der Waals surface area contributed by atoms with Crippen molar-refractivity contribution in [2.45, 2.75) is 24.2 Å². The van der Waals surface area contributed by atoms with Gasteiger partial charge in [0.15, 0.2) is 0 Å². The third kappa shape index (κ3) is 3.94. The minimum absolute atomic E-state index is 0.117. The lowest BCUT2D eigenvalue weighted by atomic mass is 9.79. The van der Waals surface area contributed by atoms with Crippen molar-refractivity contribution in [3.63, 3.8) is 0 Å². The van der Waals surface area contributed by atoms with E-state index in [0.717, 1.165) is 17.0 Å². The molecular formula is C17H10Cl3F6NO2S. The van der Waals surface area contributed by atoms with Crippen LogP contribution in [0.25, 0.3) is 0 Å². The van der Waals surface area contributed by atoms with Crippen molar-refractivity contribution >= 4 is 57.1 Å². The first-order valence-electron chi connectivity index (χ1n) is 8.08. The van der Waals surface area contributed by atoms with E-state index in [4.69, 9.17) is 39.9 Å². The molecule has 2 aromatic rings. The van der Waals surface area contributed by atoms with Crippen LogP contribution < -0.4 is 4.90 Å². The maximum Gasteiger partial charge on any atom is 0.418 e. The molecule has 3 nitrogen and oxygen atoms in total. The number of anilines is 1. The van der Waals surface area contributed by atoms with Crippen LogP contribution in [0.5, 0.6) is 0 Å².